The Morgan fingerprint density at radius 1 is 1.65 bits per heavy atom. The maximum atomic E-state index is 13.4. The van der Waals surface area contributed by atoms with Crippen molar-refractivity contribution in [3.63, 3.8) is 0 Å². The zero-order chi connectivity index (χ0) is 14.9. The Hall–Kier alpha value is -1.08. The van der Waals surface area contributed by atoms with Gasteiger partial charge in [-0.15, -0.1) is 0 Å². The fourth-order valence-corrected chi connectivity index (χ4v) is 3.25. The van der Waals surface area contributed by atoms with Crippen LogP contribution in [0.4, 0.5) is 8.78 Å². The first kappa shape index (κ1) is 15.3. The molecule has 0 fully saturated rings. The summed E-state index contributed by atoms with van der Waals surface area (Å²) in [6.07, 6.45) is 1.54. The van der Waals surface area contributed by atoms with Gasteiger partial charge in [0.2, 0.25) is 5.91 Å². The average Bonchev–Trinajstić information content (AvgIpc) is 2.74. The predicted molar refractivity (Wildman–Crippen MR) is 76.8 cm³/mol. The minimum Gasteiger partial charge on any atom is -0.378 e. The number of nitrogens with one attached hydrogen (secondary N) is 1. The highest BCUT2D eigenvalue weighted by molar-refractivity contribution is 8.15. The van der Waals surface area contributed by atoms with Crippen LogP contribution in [0.2, 0.25) is 0 Å². The standard InChI is InChI=1S/C12H14ClF2N3OS/c1-5-6(2-3-7(14)8(5)15)4-17-11(19)9-10(13)18-12(16)20-9/h3,6,9-10H,2,4H2,1H3,(H2,16,18)(H,17,19). The topological polar surface area (TPSA) is 67.5 Å². The molecule has 1 amide bonds. The van der Waals surface area contributed by atoms with E-state index in [-0.39, 0.29) is 23.5 Å². The monoisotopic (exact) mass is 321 g/mol. The lowest BCUT2D eigenvalue weighted by Gasteiger charge is -2.22. The van der Waals surface area contributed by atoms with E-state index in [0.29, 0.717) is 12.0 Å². The first-order valence-corrected chi connectivity index (χ1v) is 7.35. The number of nitrogens with two attached hydrogens (primary N) is 1. The highest BCUT2D eigenvalue weighted by Crippen LogP contribution is 2.31. The lowest BCUT2D eigenvalue weighted by molar-refractivity contribution is -0.120. The zero-order valence-electron chi connectivity index (χ0n) is 10.7. The summed E-state index contributed by atoms with van der Waals surface area (Å²) in [6, 6.07) is 0. The molecule has 3 atom stereocenters. The van der Waals surface area contributed by atoms with Gasteiger partial charge < -0.3 is 11.1 Å². The highest BCUT2D eigenvalue weighted by Gasteiger charge is 2.34. The molecule has 4 nitrogen and oxygen atoms in total. The fraction of sp³-hybridized carbons (Fsp3) is 0.500. The minimum absolute atomic E-state index is 0.225. The van der Waals surface area contributed by atoms with Crippen molar-refractivity contribution >= 4 is 34.4 Å². The Bertz CT molecular complexity index is 521. The fourth-order valence-electron chi connectivity index (χ4n) is 2.02. The molecule has 2 aliphatic rings. The number of carbonyl (C=O) groups is 1. The molecule has 3 unspecified atom stereocenters. The Morgan fingerprint density at radius 3 is 2.95 bits per heavy atom. The normalized spacial score (nSPS) is 30.1. The number of amidine groups is 1. The van der Waals surface area contributed by atoms with Crippen LogP contribution in [0.25, 0.3) is 0 Å². The van der Waals surface area contributed by atoms with E-state index in [0.717, 1.165) is 11.8 Å². The van der Waals surface area contributed by atoms with Gasteiger partial charge >= 0.3 is 0 Å². The summed E-state index contributed by atoms with van der Waals surface area (Å²) in [5.74, 6) is -2.23. The number of halogens is 3. The molecule has 0 bridgehead atoms. The van der Waals surface area contributed by atoms with E-state index in [1.54, 1.807) is 0 Å². The van der Waals surface area contributed by atoms with Crippen molar-refractivity contribution in [2.24, 2.45) is 16.6 Å². The van der Waals surface area contributed by atoms with Gasteiger partial charge in [0.15, 0.2) is 16.8 Å². The quantitative estimate of drug-likeness (QED) is 0.618. The molecule has 1 heterocycles. The maximum Gasteiger partial charge on any atom is 0.237 e. The predicted octanol–water partition coefficient (Wildman–Crippen LogP) is 2.21. The molecule has 1 aliphatic carbocycles. The van der Waals surface area contributed by atoms with Crippen molar-refractivity contribution in [3.8, 4) is 0 Å². The molecule has 20 heavy (non-hydrogen) atoms. The van der Waals surface area contributed by atoms with Gasteiger partial charge in [0.05, 0.1) is 0 Å². The number of rotatable bonds is 3. The molecule has 110 valence electrons. The maximum absolute atomic E-state index is 13.4. The van der Waals surface area contributed by atoms with Crippen molar-refractivity contribution in [1.29, 1.82) is 0 Å². The first-order chi connectivity index (χ1) is 9.40. The number of alkyl halides is 1. The van der Waals surface area contributed by atoms with Crippen molar-refractivity contribution < 1.29 is 13.6 Å². The Labute approximate surface area is 124 Å². The molecular formula is C12H14ClF2N3OS. The van der Waals surface area contributed by atoms with Gasteiger partial charge in [-0.2, -0.15) is 0 Å². The number of amides is 1. The number of carbonyl (C=O) groups excluding carboxylic acids is 1. The van der Waals surface area contributed by atoms with Crippen molar-refractivity contribution in [2.75, 3.05) is 6.54 Å². The van der Waals surface area contributed by atoms with E-state index in [9.17, 15) is 13.6 Å². The Balaban J connectivity index is 1.89. The summed E-state index contributed by atoms with van der Waals surface area (Å²) in [4.78, 5) is 15.8. The largest absolute Gasteiger partial charge is 0.378 e. The third-order valence-corrected chi connectivity index (χ3v) is 4.85. The number of thioether (sulfide) groups is 1. The zero-order valence-corrected chi connectivity index (χ0v) is 12.3. The van der Waals surface area contributed by atoms with Gasteiger partial charge in [0, 0.05) is 12.5 Å². The summed E-state index contributed by atoms with van der Waals surface area (Å²) in [6.45, 7) is 1.75. The molecule has 3 N–H and O–H groups in total. The molecule has 0 saturated carbocycles. The molecular weight excluding hydrogens is 308 g/mol. The van der Waals surface area contributed by atoms with Crippen LogP contribution in [0, 0.1) is 5.92 Å². The summed E-state index contributed by atoms with van der Waals surface area (Å²) >= 11 is 6.98. The number of hydrogen-bond acceptors (Lipinski definition) is 4. The molecule has 1 aliphatic heterocycles. The molecule has 0 aromatic rings. The lowest BCUT2D eigenvalue weighted by atomic mass is 9.91. The molecule has 8 heteroatoms. The second-order valence-electron chi connectivity index (χ2n) is 4.61. The van der Waals surface area contributed by atoms with Crippen LogP contribution in [0.5, 0.6) is 0 Å². The molecule has 2 rings (SSSR count). The summed E-state index contributed by atoms with van der Waals surface area (Å²) in [7, 11) is 0. The van der Waals surface area contributed by atoms with E-state index in [2.05, 4.69) is 10.3 Å². The SMILES string of the molecule is CC1=C(F)C(F)=CCC1CNC(=O)C1SC(N)=NC1Cl. The third-order valence-electron chi connectivity index (χ3n) is 3.28. The van der Waals surface area contributed by atoms with Crippen molar-refractivity contribution in [2.45, 2.75) is 24.1 Å². The van der Waals surface area contributed by atoms with Crippen LogP contribution < -0.4 is 11.1 Å². The Kier molecular flexibility index (Phi) is 4.70. The lowest BCUT2D eigenvalue weighted by Crippen LogP contribution is -2.39. The van der Waals surface area contributed by atoms with E-state index in [4.69, 9.17) is 17.3 Å². The smallest absolute Gasteiger partial charge is 0.237 e. The van der Waals surface area contributed by atoms with Crippen molar-refractivity contribution in [3.05, 3.63) is 23.3 Å². The van der Waals surface area contributed by atoms with Crippen LogP contribution in [-0.2, 0) is 4.79 Å². The van der Waals surface area contributed by atoms with Gasteiger partial charge in [-0.05, 0) is 25.0 Å². The van der Waals surface area contributed by atoms with Gasteiger partial charge in [-0.3, -0.25) is 4.79 Å². The third kappa shape index (κ3) is 3.15. The van der Waals surface area contributed by atoms with E-state index in [1.165, 1.54) is 13.0 Å². The van der Waals surface area contributed by atoms with Crippen LogP contribution in [0.15, 0.2) is 28.3 Å². The second kappa shape index (κ2) is 6.13. The van der Waals surface area contributed by atoms with E-state index < -0.39 is 22.4 Å². The number of nitrogens with zero attached hydrogens (tertiary/aromatic N) is 1. The molecule has 0 radical (unpaired) electrons. The summed E-state index contributed by atoms with van der Waals surface area (Å²) in [5, 5.41) is 2.38. The second-order valence-corrected chi connectivity index (χ2v) is 6.21. The molecule has 0 aromatic heterocycles. The van der Waals surface area contributed by atoms with Gasteiger partial charge in [-0.25, -0.2) is 13.8 Å². The highest BCUT2D eigenvalue weighted by atomic mass is 35.5. The minimum atomic E-state index is -0.839. The van der Waals surface area contributed by atoms with Crippen molar-refractivity contribution in [1.82, 2.24) is 5.32 Å². The molecule has 0 saturated heterocycles. The van der Waals surface area contributed by atoms with Gasteiger partial charge in [0.1, 0.15) is 10.8 Å². The summed E-state index contributed by atoms with van der Waals surface area (Å²) in [5.41, 5.74) is 5.10. The van der Waals surface area contributed by atoms with Gasteiger partial charge in [0.25, 0.3) is 0 Å². The van der Waals surface area contributed by atoms with Crippen LogP contribution >= 0.6 is 23.4 Å². The number of allylic oxidation sites excluding steroid dienone is 3. The van der Waals surface area contributed by atoms with E-state index >= 15 is 0 Å². The number of hydrogen-bond donors (Lipinski definition) is 2. The van der Waals surface area contributed by atoms with Crippen LogP contribution in [-0.4, -0.2) is 28.4 Å². The first-order valence-electron chi connectivity index (χ1n) is 6.04. The van der Waals surface area contributed by atoms with Crippen LogP contribution in [0.3, 0.4) is 0 Å². The van der Waals surface area contributed by atoms with Gasteiger partial charge in [-0.1, -0.05) is 23.4 Å². The van der Waals surface area contributed by atoms with Crippen LogP contribution in [0.1, 0.15) is 13.3 Å². The molecule has 0 spiro atoms. The number of aliphatic imine (C=N–C) groups is 1. The average molecular weight is 322 g/mol. The van der Waals surface area contributed by atoms with E-state index in [1.807, 2.05) is 0 Å². The summed E-state index contributed by atoms with van der Waals surface area (Å²) < 4.78 is 26.5. The molecule has 0 aromatic carbocycles. The Morgan fingerprint density at radius 2 is 2.35 bits per heavy atom.